The number of amides is 2. The second-order valence-corrected chi connectivity index (χ2v) is 6.71. The molecule has 0 aromatic heterocycles. The maximum atomic E-state index is 12.4. The minimum absolute atomic E-state index is 0.0466. The molecule has 0 saturated carbocycles. The van der Waals surface area contributed by atoms with Crippen molar-refractivity contribution < 1.29 is 9.59 Å². The van der Waals surface area contributed by atoms with Gasteiger partial charge in [-0.15, -0.1) is 0 Å². The van der Waals surface area contributed by atoms with Crippen LogP contribution in [-0.2, 0) is 22.6 Å². The number of carbonyl (C=O) groups is 2. The molecule has 1 atom stereocenters. The van der Waals surface area contributed by atoms with E-state index in [1.165, 1.54) is 5.56 Å². The van der Waals surface area contributed by atoms with Crippen LogP contribution < -0.4 is 10.2 Å². The van der Waals surface area contributed by atoms with E-state index in [0.717, 1.165) is 17.7 Å². The van der Waals surface area contributed by atoms with Gasteiger partial charge in [-0.2, -0.15) is 0 Å². The molecule has 2 aromatic rings. The molecule has 5 heteroatoms. The molecule has 130 valence electrons. The molecule has 0 unspecified atom stereocenters. The summed E-state index contributed by atoms with van der Waals surface area (Å²) in [7, 11) is 0. The third-order valence-corrected chi connectivity index (χ3v) is 4.75. The van der Waals surface area contributed by atoms with Crippen LogP contribution >= 0.6 is 11.6 Å². The Morgan fingerprint density at radius 1 is 1.20 bits per heavy atom. The van der Waals surface area contributed by atoms with Crippen molar-refractivity contribution in [2.24, 2.45) is 5.92 Å². The van der Waals surface area contributed by atoms with Crippen LogP contribution in [-0.4, -0.2) is 18.4 Å². The maximum absolute atomic E-state index is 12.4. The Kier molecular flexibility index (Phi) is 5.39. The SMILES string of the molecule is CCc1ccc(CNC(=O)[C@H]2CC(=O)N(c3cccc(Cl)c3)C2)cc1. The molecule has 3 rings (SSSR count). The zero-order valence-electron chi connectivity index (χ0n) is 14.2. The smallest absolute Gasteiger partial charge is 0.227 e. The van der Waals surface area contributed by atoms with Gasteiger partial charge in [0.15, 0.2) is 0 Å². The highest BCUT2D eigenvalue weighted by Crippen LogP contribution is 2.27. The summed E-state index contributed by atoms with van der Waals surface area (Å²) in [5.41, 5.74) is 3.07. The fraction of sp³-hybridized carbons (Fsp3) is 0.300. The second-order valence-electron chi connectivity index (χ2n) is 6.27. The normalized spacial score (nSPS) is 17.0. The molecule has 1 aliphatic rings. The summed E-state index contributed by atoms with van der Waals surface area (Å²) in [6, 6.07) is 15.3. The predicted molar refractivity (Wildman–Crippen MR) is 99.6 cm³/mol. The van der Waals surface area contributed by atoms with Crippen LogP contribution in [0.4, 0.5) is 5.69 Å². The zero-order valence-corrected chi connectivity index (χ0v) is 14.9. The number of nitrogens with zero attached hydrogens (tertiary/aromatic N) is 1. The van der Waals surface area contributed by atoms with Gasteiger partial charge in [0.1, 0.15) is 0 Å². The first-order chi connectivity index (χ1) is 12.1. The first-order valence-electron chi connectivity index (χ1n) is 8.48. The Bertz CT molecular complexity index is 774. The lowest BCUT2D eigenvalue weighted by molar-refractivity contribution is -0.126. The van der Waals surface area contributed by atoms with Gasteiger partial charge < -0.3 is 10.2 Å². The molecule has 1 N–H and O–H groups in total. The molecule has 0 bridgehead atoms. The van der Waals surface area contributed by atoms with Crippen LogP contribution in [0, 0.1) is 5.92 Å². The van der Waals surface area contributed by atoms with E-state index < -0.39 is 0 Å². The standard InChI is InChI=1S/C20H21ClN2O2/c1-2-14-6-8-15(9-7-14)12-22-20(25)16-10-19(24)23(13-16)18-5-3-4-17(21)11-18/h3-9,11,16H,2,10,12-13H2,1H3,(H,22,25)/t16-/m0/s1. The molecule has 1 saturated heterocycles. The number of aryl methyl sites for hydroxylation is 1. The van der Waals surface area contributed by atoms with Crippen LogP contribution in [0.2, 0.25) is 5.02 Å². The van der Waals surface area contributed by atoms with E-state index in [4.69, 9.17) is 11.6 Å². The van der Waals surface area contributed by atoms with E-state index >= 15 is 0 Å². The molecule has 0 radical (unpaired) electrons. The van der Waals surface area contributed by atoms with E-state index in [0.29, 0.717) is 18.1 Å². The Labute approximate surface area is 152 Å². The summed E-state index contributed by atoms with van der Waals surface area (Å²) in [6.07, 6.45) is 1.23. The van der Waals surface area contributed by atoms with Crippen molar-refractivity contribution in [1.82, 2.24) is 5.32 Å². The lowest BCUT2D eigenvalue weighted by atomic mass is 10.1. The number of rotatable bonds is 5. The first-order valence-corrected chi connectivity index (χ1v) is 8.86. The number of benzene rings is 2. The average molecular weight is 357 g/mol. The fourth-order valence-electron chi connectivity index (χ4n) is 3.00. The van der Waals surface area contributed by atoms with Crippen LogP contribution in [0.3, 0.4) is 0 Å². The van der Waals surface area contributed by atoms with E-state index in [1.807, 2.05) is 18.2 Å². The summed E-state index contributed by atoms with van der Waals surface area (Å²) in [4.78, 5) is 26.3. The van der Waals surface area contributed by atoms with Crippen LogP contribution in [0.15, 0.2) is 48.5 Å². The van der Waals surface area contributed by atoms with Crippen LogP contribution in [0.5, 0.6) is 0 Å². The van der Waals surface area contributed by atoms with Crippen molar-refractivity contribution in [2.75, 3.05) is 11.4 Å². The fourth-order valence-corrected chi connectivity index (χ4v) is 3.19. The summed E-state index contributed by atoms with van der Waals surface area (Å²) in [5.74, 6) is -0.464. The Balaban J connectivity index is 1.58. The Hall–Kier alpha value is -2.33. The van der Waals surface area contributed by atoms with Crippen LogP contribution in [0.25, 0.3) is 0 Å². The highest BCUT2D eigenvalue weighted by molar-refractivity contribution is 6.30. The molecule has 2 aromatic carbocycles. The summed E-state index contributed by atoms with van der Waals surface area (Å²) in [5, 5.41) is 3.52. The molecule has 2 amide bonds. The number of anilines is 1. The quantitative estimate of drug-likeness (QED) is 0.890. The minimum atomic E-state index is -0.332. The summed E-state index contributed by atoms with van der Waals surface area (Å²) < 4.78 is 0. The monoisotopic (exact) mass is 356 g/mol. The number of halogens is 1. The van der Waals surface area contributed by atoms with Gasteiger partial charge in [0.05, 0.1) is 5.92 Å². The molecule has 0 aliphatic carbocycles. The molecule has 1 aliphatic heterocycles. The van der Waals surface area contributed by atoms with Gasteiger partial charge in [-0.3, -0.25) is 9.59 Å². The Morgan fingerprint density at radius 2 is 1.92 bits per heavy atom. The lowest BCUT2D eigenvalue weighted by Crippen LogP contribution is -2.32. The lowest BCUT2D eigenvalue weighted by Gasteiger charge is -2.17. The molecular formula is C20H21ClN2O2. The van der Waals surface area contributed by atoms with Crippen molar-refractivity contribution in [3.8, 4) is 0 Å². The number of nitrogens with one attached hydrogen (secondary N) is 1. The minimum Gasteiger partial charge on any atom is -0.352 e. The van der Waals surface area contributed by atoms with Crippen LogP contribution in [0.1, 0.15) is 24.5 Å². The zero-order chi connectivity index (χ0) is 17.8. The third kappa shape index (κ3) is 4.20. The van der Waals surface area contributed by atoms with E-state index in [-0.39, 0.29) is 24.2 Å². The topological polar surface area (TPSA) is 49.4 Å². The van der Waals surface area contributed by atoms with Crippen molar-refractivity contribution in [2.45, 2.75) is 26.3 Å². The van der Waals surface area contributed by atoms with Gasteiger partial charge in [-0.05, 0) is 35.7 Å². The highest BCUT2D eigenvalue weighted by Gasteiger charge is 2.35. The summed E-state index contributed by atoms with van der Waals surface area (Å²) >= 11 is 5.99. The van der Waals surface area contributed by atoms with E-state index in [9.17, 15) is 9.59 Å². The molecule has 1 fully saturated rings. The first kappa shape index (κ1) is 17.5. The average Bonchev–Trinajstić information content (AvgIpc) is 3.02. The largest absolute Gasteiger partial charge is 0.352 e. The third-order valence-electron chi connectivity index (χ3n) is 4.51. The maximum Gasteiger partial charge on any atom is 0.227 e. The number of hydrogen-bond acceptors (Lipinski definition) is 2. The molecule has 1 heterocycles. The summed E-state index contributed by atoms with van der Waals surface area (Å²) in [6.45, 7) is 2.98. The molecular weight excluding hydrogens is 336 g/mol. The van der Waals surface area contributed by atoms with E-state index in [1.54, 1.807) is 23.1 Å². The molecule has 4 nitrogen and oxygen atoms in total. The van der Waals surface area contributed by atoms with Gasteiger partial charge in [0.25, 0.3) is 0 Å². The van der Waals surface area contributed by atoms with Gasteiger partial charge in [0.2, 0.25) is 11.8 Å². The van der Waals surface area contributed by atoms with Gasteiger partial charge >= 0.3 is 0 Å². The molecule has 25 heavy (non-hydrogen) atoms. The predicted octanol–water partition coefficient (Wildman–Crippen LogP) is 3.57. The van der Waals surface area contributed by atoms with Crippen molar-refractivity contribution in [1.29, 1.82) is 0 Å². The van der Waals surface area contributed by atoms with E-state index in [2.05, 4.69) is 24.4 Å². The van der Waals surface area contributed by atoms with Gasteiger partial charge in [0, 0.05) is 30.2 Å². The molecule has 0 spiro atoms. The number of hydrogen-bond donors (Lipinski definition) is 1. The van der Waals surface area contributed by atoms with Crippen molar-refractivity contribution >= 4 is 29.1 Å². The van der Waals surface area contributed by atoms with Crippen molar-refractivity contribution in [3.63, 3.8) is 0 Å². The number of carbonyl (C=O) groups excluding carboxylic acids is 2. The highest BCUT2D eigenvalue weighted by atomic mass is 35.5. The second kappa shape index (κ2) is 7.70. The van der Waals surface area contributed by atoms with Gasteiger partial charge in [-0.1, -0.05) is 48.9 Å². The van der Waals surface area contributed by atoms with Gasteiger partial charge in [-0.25, -0.2) is 0 Å². The Morgan fingerprint density at radius 3 is 2.60 bits per heavy atom. The van der Waals surface area contributed by atoms with Crippen molar-refractivity contribution in [3.05, 3.63) is 64.7 Å².